The molecule has 0 spiro atoms. The van der Waals surface area contributed by atoms with E-state index < -0.39 is 0 Å². The molecule has 0 saturated carbocycles. The summed E-state index contributed by atoms with van der Waals surface area (Å²) in [6, 6.07) is 0.0418. The Bertz CT molecular complexity index is 223. The van der Waals surface area contributed by atoms with Gasteiger partial charge < -0.3 is 15.8 Å². The number of amides is 1. The highest BCUT2D eigenvalue weighted by atomic mass is 16.5. The van der Waals surface area contributed by atoms with Crippen molar-refractivity contribution in [1.29, 1.82) is 0 Å². The largest absolute Gasteiger partial charge is 0.378 e. The quantitative estimate of drug-likeness (QED) is 0.671. The molecule has 0 bridgehead atoms. The molecular weight excluding hydrogens is 206 g/mol. The van der Waals surface area contributed by atoms with Crippen molar-refractivity contribution in [3.05, 3.63) is 0 Å². The Hall–Kier alpha value is -0.650. The van der Waals surface area contributed by atoms with Gasteiger partial charge in [0, 0.05) is 25.7 Å². The van der Waals surface area contributed by atoms with E-state index in [1.165, 1.54) is 0 Å². The molecule has 0 aromatic heterocycles. The van der Waals surface area contributed by atoms with Gasteiger partial charge in [-0.3, -0.25) is 9.69 Å². The molecule has 1 amide bonds. The van der Waals surface area contributed by atoms with Gasteiger partial charge in [0.25, 0.3) is 0 Å². The minimum absolute atomic E-state index is 0.0573. The zero-order valence-corrected chi connectivity index (χ0v) is 10.2. The fraction of sp³-hybridized carbons (Fsp3) is 0.909. The Kier molecular flexibility index (Phi) is 5.73. The van der Waals surface area contributed by atoms with Crippen LogP contribution in [0.5, 0.6) is 0 Å². The fourth-order valence-electron chi connectivity index (χ4n) is 1.87. The van der Waals surface area contributed by atoms with Gasteiger partial charge in [-0.1, -0.05) is 6.92 Å². The van der Waals surface area contributed by atoms with Crippen LogP contribution in [0.4, 0.5) is 0 Å². The normalized spacial score (nSPS) is 24.1. The fourth-order valence-corrected chi connectivity index (χ4v) is 1.87. The molecule has 3 N–H and O–H groups in total. The Balaban J connectivity index is 2.55. The highest BCUT2D eigenvalue weighted by molar-refractivity contribution is 5.82. The van der Waals surface area contributed by atoms with Crippen molar-refractivity contribution in [2.75, 3.05) is 32.8 Å². The average molecular weight is 229 g/mol. The maximum Gasteiger partial charge on any atom is 0.239 e. The molecule has 94 valence electrons. The summed E-state index contributed by atoms with van der Waals surface area (Å²) in [6.07, 6.45) is 0.950. The maximum absolute atomic E-state index is 11.9. The van der Waals surface area contributed by atoms with Crippen LogP contribution in [-0.2, 0) is 9.53 Å². The predicted molar refractivity (Wildman–Crippen MR) is 63.1 cm³/mol. The molecule has 1 saturated heterocycles. The Morgan fingerprint density at radius 1 is 1.69 bits per heavy atom. The van der Waals surface area contributed by atoms with Crippen LogP contribution in [0, 0.1) is 0 Å². The lowest BCUT2D eigenvalue weighted by Gasteiger charge is -2.38. The van der Waals surface area contributed by atoms with Gasteiger partial charge in [0.1, 0.15) is 6.04 Å². The van der Waals surface area contributed by atoms with Gasteiger partial charge >= 0.3 is 0 Å². The zero-order chi connectivity index (χ0) is 12.0. The zero-order valence-electron chi connectivity index (χ0n) is 10.2. The second-order valence-electron chi connectivity index (χ2n) is 4.20. The highest BCUT2D eigenvalue weighted by Gasteiger charge is 2.31. The van der Waals surface area contributed by atoms with Crippen LogP contribution in [0.25, 0.3) is 0 Å². The minimum atomic E-state index is -0.182. The van der Waals surface area contributed by atoms with Crippen molar-refractivity contribution < 1.29 is 9.53 Å². The maximum atomic E-state index is 11.9. The van der Waals surface area contributed by atoms with Crippen LogP contribution in [0.2, 0.25) is 0 Å². The van der Waals surface area contributed by atoms with Crippen molar-refractivity contribution >= 4 is 5.91 Å². The van der Waals surface area contributed by atoms with Crippen molar-refractivity contribution in [3.8, 4) is 0 Å². The molecule has 2 atom stereocenters. The number of hydrogen-bond donors (Lipinski definition) is 2. The molecule has 1 rings (SSSR count). The molecule has 0 radical (unpaired) electrons. The van der Waals surface area contributed by atoms with E-state index in [1.54, 1.807) is 0 Å². The average Bonchev–Trinajstić information content (AvgIpc) is 2.35. The van der Waals surface area contributed by atoms with E-state index in [1.807, 2.05) is 13.8 Å². The molecular formula is C11H23N3O2. The van der Waals surface area contributed by atoms with E-state index in [4.69, 9.17) is 10.5 Å². The molecule has 1 aliphatic rings. The molecule has 16 heavy (non-hydrogen) atoms. The van der Waals surface area contributed by atoms with Crippen LogP contribution in [0.3, 0.4) is 0 Å². The summed E-state index contributed by atoms with van der Waals surface area (Å²) in [5.41, 5.74) is 5.65. The van der Waals surface area contributed by atoms with Gasteiger partial charge in [-0.15, -0.1) is 0 Å². The van der Waals surface area contributed by atoms with Crippen LogP contribution in [0.1, 0.15) is 20.3 Å². The smallest absolute Gasteiger partial charge is 0.239 e. The van der Waals surface area contributed by atoms with Gasteiger partial charge in [-0.25, -0.2) is 0 Å². The molecule has 0 aromatic rings. The minimum Gasteiger partial charge on any atom is -0.378 e. The number of rotatable bonds is 5. The Morgan fingerprint density at radius 3 is 3.06 bits per heavy atom. The second kappa shape index (κ2) is 6.83. The van der Waals surface area contributed by atoms with E-state index in [0.717, 1.165) is 19.5 Å². The van der Waals surface area contributed by atoms with Gasteiger partial charge in [-0.2, -0.15) is 0 Å². The summed E-state index contributed by atoms with van der Waals surface area (Å²) in [5, 5.41) is 2.91. The molecule has 1 heterocycles. The lowest BCUT2D eigenvalue weighted by Crippen LogP contribution is -2.58. The lowest BCUT2D eigenvalue weighted by atomic mass is 10.1. The summed E-state index contributed by atoms with van der Waals surface area (Å²) in [5.74, 6) is 0.0573. The molecule has 0 aromatic carbocycles. The van der Waals surface area contributed by atoms with Crippen LogP contribution >= 0.6 is 0 Å². The van der Waals surface area contributed by atoms with Gasteiger partial charge in [0.15, 0.2) is 0 Å². The number of hydrogen-bond acceptors (Lipinski definition) is 4. The molecule has 1 fully saturated rings. The standard InChI is InChI=1S/C11H23N3O2/c1-3-4-13-11(15)10-8-16-6-5-14(10)9(2)7-12/h9-10H,3-8,12H2,1-2H3,(H,13,15). The highest BCUT2D eigenvalue weighted by Crippen LogP contribution is 2.10. The van der Waals surface area contributed by atoms with Gasteiger partial charge in [0.05, 0.1) is 13.2 Å². The van der Waals surface area contributed by atoms with Crippen molar-refractivity contribution in [2.45, 2.75) is 32.4 Å². The second-order valence-corrected chi connectivity index (χ2v) is 4.20. The number of morpholine rings is 1. The monoisotopic (exact) mass is 229 g/mol. The first-order chi connectivity index (χ1) is 7.70. The summed E-state index contributed by atoms with van der Waals surface area (Å²) >= 11 is 0. The topological polar surface area (TPSA) is 67.6 Å². The molecule has 5 heteroatoms. The van der Waals surface area contributed by atoms with Crippen LogP contribution in [-0.4, -0.2) is 55.7 Å². The van der Waals surface area contributed by atoms with Crippen molar-refractivity contribution in [3.63, 3.8) is 0 Å². The van der Waals surface area contributed by atoms with E-state index in [2.05, 4.69) is 10.2 Å². The van der Waals surface area contributed by atoms with Crippen LogP contribution in [0.15, 0.2) is 0 Å². The van der Waals surface area contributed by atoms with Crippen molar-refractivity contribution in [2.24, 2.45) is 5.73 Å². The van der Waals surface area contributed by atoms with E-state index >= 15 is 0 Å². The summed E-state index contributed by atoms with van der Waals surface area (Å²) < 4.78 is 5.36. The van der Waals surface area contributed by atoms with E-state index in [-0.39, 0.29) is 18.0 Å². The van der Waals surface area contributed by atoms with Gasteiger partial charge in [-0.05, 0) is 13.3 Å². The molecule has 0 aliphatic carbocycles. The van der Waals surface area contributed by atoms with Crippen LogP contribution < -0.4 is 11.1 Å². The third kappa shape index (κ3) is 3.43. The van der Waals surface area contributed by atoms with E-state index in [9.17, 15) is 4.79 Å². The lowest BCUT2D eigenvalue weighted by molar-refractivity contribution is -0.134. The first-order valence-corrected chi connectivity index (χ1v) is 6.02. The number of carbonyl (C=O) groups is 1. The number of nitrogens with one attached hydrogen (secondary N) is 1. The third-order valence-electron chi connectivity index (χ3n) is 2.93. The molecule has 2 unspecified atom stereocenters. The number of nitrogens with zero attached hydrogens (tertiary/aromatic N) is 1. The first kappa shape index (κ1) is 13.4. The number of carbonyl (C=O) groups excluding carboxylic acids is 1. The van der Waals surface area contributed by atoms with Crippen molar-refractivity contribution in [1.82, 2.24) is 10.2 Å². The molecule has 5 nitrogen and oxygen atoms in total. The van der Waals surface area contributed by atoms with E-state index in [0.29, 0.717) is 19.8 Å². The Labute approximate surface area is 97.3 Å². The summed E-state index contributed by atoms with van der Waals surface area (Å²) in [7, 11) is 0. The SMILES string of the molecule is CCCNC(=O)C1COCCN1C(C)CN. The summed E-state index contributed by atoms with van der Waals surface area (Å²) in [6.45, 7) is 7.31. The third-order valence-corrected chi connectivity index (χ3v) is 2.93. The Morgan fingerprint density at radius 2 is 2.44 bits per heavy atom. The number of nitrogens with two attached hydrogens (primary N) is 1. The first-order valence-electron chi connectivity index (χ1n) is 6.02. The number of ether oxygens (including phenoxy) is 1. The predicted octanol–water partition coefficient (Wildman–Crippen LogP) is -0.439. The summed E-state index contributed by atoms with van der Waals surface area (Å²) in [4.78, 5) is 14.0. The molecule has 1 aliphatic heterocycles. The van der Waals surface area contributed by atoms with Gasteiger partial charge in [0.2, 0.25) is 5.91 Å².